The first kappa shape index (κ1) is 16.8. The molecule has 7 heteroatoms. The Hall–Kier alpha value is -1.60. The highest BCUT2D eigenvalue weighted by Gasteiger charge is 2.24. The van der Waals surface area contributed by atoms with E-state index in [1.165, 1.54) is 0 Å². The average molecular weight is 371 g/mol. The van der Waals surface area contributed by atoms with E-state index >= 15 is 0 Å². The molecule has 3 amide bonds. The van der Waals surface area contributed by atoms with Crippen molar-refractivity contribution in [1.29, 1.82) is 0 Å². The number of amides is 3. The van der Waals surface area contributed by atoms with Crippen molar-refractivity contribution in [2.24, 2.45) is 0 Å². The monoisotopic (exact) mass is 370 g/mol. The Morgan fingerprint density at radius 3 is 2.77 bits per heavy atom. The second-order valence-corrected chi connectivity index (χ2v) is 6.48. The fourth-order valence-electron chi connectivity index (χ4n) is 2.17. The summed E-state index contributed by atoms with van der Waals surface area (Å²) in [4.78, 5) is 24.3. The van der Waals surface area contributed by atoms with Crippen LogP contribution in [-0.4, -0.2) is 38.7 Å². The number of hydrogen-bond acceptors (Lipinski definition) is 3. The molecule has 1 unspecified atom stereocenters. The summed E-state index contributed by atoms with van der Waals surface area (Å²) in [6, 6.07) is 5.60. The highest BCUT2D eigenvalue weighted by atomic mass is 79.9. The van der Waals surface area contributed by atoms with E-state index in [4.69, 9.17) is 4.74 Å². The molecule has 0 aliphatic heterocycles. The zero-order chi connectivity index (χ0) is 16.1. The van der Waals surface area contributed by atoms with E-state index in [1.54, 1.807) is 7.11 Å². The Morgan fingerprint density at radius 2 is 2.14 bits per heavy atom. The fraction of sp³-hybridized carbons (Fsp3) is 0.467. The summed E-state index contributed by atoms with van der Waals surface area (Å²) in [5.74, 6) is 0.499. The van der Waals surface area contributed by atoms with Gasteiger partial charge in [0.1, 0.15) is 12.3 Å². The minimum Gasteiger partial charge on any atom is -0.496 e. The molecule has 3 N–H and O–H groups in total. The molecule has 1 atom stereocenters. The summed E-state index contributed by atoms with van der Waals surface area (Å²) in [5, 5.41) is 5.08. The van der Waals surface area contributed by atoms with Gasteiger partial charge in [-0.1, -0.05) is 15.9 Å². The van der Waals surface area contributed by atoms with Crippen molar-refractivity contribution in [3.05, 3.63) is 28.2 Å². The van der Waals surface area contributed by atoms with E-state index in [0.717, 1.165) is 33.5 Å². The van der Waals surface area contributed by atoms with Crippen LogP contribution in [0.5, 0.6) is 5.75 Å². The van der Waals surface area contributed by atoms with Crippen LogP contribution in [0.3, 0.4) is 0 Å². The molecule has 120 valence electrons. The summed E-state index contributed by atoms with van der Waals surface area (Å²) in [5.41, 5.74) is 1.00. The number of carbonyl (C=O) groups excluding carboxylic acids is 2. The highest BCUT2D eigenvalue weighted by molar-refractivity contribution is 9.10. The van der Waals surface area contributed by atoms with Crippen molar-refractivity contribution in [1.82, 2.24) is 10.6 Å². The molecule has 1 fully saturated rings. The van der Waals surface area contributed by atoms with Gasteiger partial charge in [0.15, 0.2) is 6.54 Å². The predicted octanol–water partition coefficient (Wildman–Crippen LogP) is 0.461. The van der Waals surface area contributed by atoms with Gasteiger partial charge in [-0.15, -0.1) is 0 Å². The Bertz CT molecular complexity index is 561. The molecule has 1 aliphatic carbocycles. The number of urea groups is 1. The molecule has 0 heterocycles. The van der Waals surface area contributed by atoms with Gasteiger partial charge in [-0.2, -0.15) is 0 Å². The van der Waals surface area contributed by atoms with E-state index in [-0.39, 0.29) is 18.5 Å². The molecule has 0 aromatic heterocycles. The number of nitrogens with one attached hydrogen (secondary N) is 3. The van der Waals surface area contributed by atoms with E-state index < -0.39 is 6.03 Å². The van der Waals surface area contributed by atoms with E-state index in [0.29, 0.717) is 6.54 Å². The van der Waals surface area contributed by atoms with Crippen molar-refractivity contribution in [2.75, 3.05) is 20.7 Å². The standard InChI is InChI=1S/C15H20BrN3O3/c1-19(8-10-7-11(16)3-6-13(10)22-2)9-14(20)18-15(21)17-12-4-5-12/h3,6-7,12H,4-5,8-9H2,1-2H3,(H2,17,18,20,21)/p+1. The SMILES string of the molecule is COc1ccc(Br)cc1C[NH+](C)CC(=O)NC(=O)NC1CC1. The molecule has 1 saturated carbocycles. The minimum absolute atomic E-state index is 0.216. The van der Waals surface area contributed by atoms with Gasteiger partial charge in [0.2, 0.25) is 0 Å². The normalized spacial score (nSPS) is 15.0. The molecule has 0 bridgehead atoms. The van der Waals surface area contributed by atoms with Gasteiger partial charge in [0, 0.05) is 16.1 Å². The number of likely N-dealkylation sites (N-methyl/N-ethyl adjacent to an activating group) is 1. The predicted molar refractivity (Wildman–Crippen MR) is 85.8 cm³/mol. The summed E-state index contributed by atoms with van der Waals surface area (Å²) >= 11 is 3.43. The molecule has 0 saturated heterocycles. The molecule has 1 aliphatic rings. The van der Waals surface area contributed by atoms with Crippen LogP contribution in [0.2, 0.25) is 0 Å². The fourth-order valence-corrected chi connectivity index (χ4v) is 2.58. The second-order valence-electron chi connectivity index (χ2n) is 5.56. The Labute approximate surface area is 138 Å². The summed E-state index contributed by atoms with van der Waals surface area (Å²) in [6.45, 7) is 0.841. The minimum atomic E-state index is -0.402. The number of rotatable bonds is 6. The van der Waals surface area contributed by atoms with Crippen molar-refractivity contribution >= 4 is 27.9 Å². The summed E-state index contributed by atoms with van der Waals surface area (Å²) < 4.78 is 6.28. The van der Waals surface area contributed by atoms with E-state index in [1.807, 2.05) is 25.2 Å². The molecule has 2 rings (SSSR count). The molecular formula is C15H21BrN3O3+. The maximum atomic E-state index is 11.8. The molecule has 0 radical (unpaired) electrons. The maximum Gasteiger partial charge on any atom is 0.321 e. The molecule has 22 heavy (non-hydrogen) atoms. The smallest absolute Gasteiger partial charge is 0.321 e. The number of methoxy groups -OCH3 is 1. The lowest BCUT2D eigenvalue weighted by Crippen LogP contribution is -3.09. The lowest BCUT2D eigenvalue weighted by atomic mass is 10.2. The van der Waals surface area contributed by atoms with Gasteiger partial charge in [0.05, 0.1) is 14.2 Å². The molecular weight excluding hydrogens is 350 g/mol. The zero-order valence-corrected chi connectivity index (χ0v) is 14.3. The van der Waals surface area contributed by atoms with Crippen LogP contribution in [0.25, 0.3) is 0 Å². The lowest BCUT2D eigenvalue weighted by molar-refractivity contribution is -0.885. The number of carbonyl (C=O) groups is 2. The van der Waals surface area contributed by atoms with Gasteiger partial charge in [-0.25, -0.2) is 4.79 Å². The first-order valence-corrected chi connectivity index (χ1v) is 8.01. The Morgan fingerprint density at radius 1 is 1.41 bits per heavy atom. The number of quaternary nitrogens is 1. The number of benzene rings is 1. The quantitative estimate of drug-likeness (QED) is 0.681. The van der Waals surface area contributed by atoms with Gasteiger partial charge in [-0.05, 0) is 31.0 Å². The van der Waals surface area contributed by atoms with Crippen LogP contribution in [0.1, 0.15) is 18.4 Å². The van der Waals surface area contributed by atoms with Crippen LogP contribution in [0.15, 0.2) is 22.7 Å². The third-order valence-electron chi connectivity index (χ3n) is 3.36. The summed E-state index contributed by atoms with van der Waals surface area (Å²) in [6.07, 6.45) is 1.99. The van der Waals surface area contributed by atoms with Gasteiger partial charge >= 0.3 is 6.03 Å². The molecule has 1 aromatic carbocycles. The van der Waals surface area contributed by atoms with Crippen LogP contribution in [0.4, 0.5) is 4.79 Å². The second kappa shape index (κ2) is 7.60. The number of imide groups is 1. The van der Waals surface area contributed by atoms with Crippen molar-refractivity contribution in [3.8, 4) is 5.75 Å². The van der Waals surface area contributed by atoms with Crippen LogP contribution in [-0.2, 0) is 11.3 Å². The van der Waals surface area contributed by atoms with Crippen LogP contribution >= 0.6 is 15.9 Å². The average Bonchev–Trinajstić information content (AvgIpc) is 3.22. The highest BCUT2D eigenvalue weighted by Crippen LogP contribution is 2.22. The zero-order valence-electron chi connectivity index (χ0n) is 12.7. The number of hydrogen-bond donors (Lipinski definition) is 3. The van der Waals surface area contributed by atoms with Gasteiger partial charge in [-0.3, -0.25) is 10.1 Å². The Balaban J connectivity index is 1.83. The third kappa shape index (κ3) is 5.31. The molecule has 6 nitrogen and oxygen atoms in total. The van der Waals surface area contributed by atoms with E-state index in [9.17, 15) is 9.59 Å². The maximum absolute atomic E-state index is 11.8. The van der Waals surface area contributed by atoms with E-state index in [2.05, 4.69) is 26.6 Å². The third-order valence-corrected chi connectivity index (χ3v) is 3.86. The summed E-state index contributed by atoms with van der Waals surface area (Å²) in [7, 11) is 3.52. The van der Waals surface area contributed by atoms with Crippen LogP contribution in [0, 0.1) is 0 Å². The van der Waals surface area contributed by atoms with Gasteiger partial charge in [0.25, 0.3) is 5.91 Å². The van der Waals surface area contributed by atoms with Crippen molar-refractivity contribution < 1.29 is 19.2 Å². The number of halogens is 1. The molecule has 0 spiro atoms. The topological polar surface area (TPSA) is 71.9 Å². The number of ether oxygens (including phenoxy) is 1. The van der Waals surface area contributed by atoms with Crippen LogP contribution < -0.4 is 20.3 Å². The first-order valence-electron chi connectivity index (χ1n) is 7.22. The lowest BCUT2D eigenvalue weighted by Gasteiger charge is -2.16. The van der Waals surface area contributed by atoms with Crippen molar-refractivity contribution in [2.45, 2.75) is 25.4 Å². The largest absolute Gasteiger partial charge is 0.496 e. The van der Waals surface area contributed by atoms with Gasteiger partial charge < -0.3 is 15.0 Å². The molecule has 1 aromatic rings. The van der Waals surface area contributed by atoms with Crippen molar-refractivity contribution in [3.63, 3.8) is 0 Å². The Kier molecular flexibility index (Phi) is 5.79. The first-order chi connectivity index (χ1) is 10.5.